The summed E-state index contributed by atoms with van der Waals surface area (Å²) in [6.45, 7) is 4.03. The zero-order chi connectivity index (χ0) is 21.1. The van der Waals surface area contributed by atoms with Gasteiger partial charge in [0.1, 0.15) is 11.6 Å². The van der Waals surface area contributed by atoms with E-state index < -0.39 is 11.6 Å². The van der Waals surface area contributed by atoms with E-state index in [4.69, 9.17) is 0 Å². The fourth-order valence-corrected chi connectivity index (χ4v) is 4.88. The summed E-state index contributed by atoms with van der Waals surface area (Å²) < 4.78 is 28.1. The van der Waals surface area contributed by atoms with Crippen LogP contribution in [0.2, 0.25) is 0 Å². The zero-order valence-electron chi connectivity index (χ0n) is 18.1. The fraction of sp³-hybridized carbons (Fsp3) is 0.652. The van der Waals surface area contributed by atoms with Gasteiger partial charge in [-0.15, -0.1) is 24.0 Å². The average molecular weight is 546 g/mol. The summed E-state index contributed by atoms with van der Waals surface area (Å²) >= 11 is 0. The van der Waals surface area contributed by atoms with Crippen LogP contribution in [-0.4, -0.2) is 48.5 Å². The highest BCUT2D eigenvalue weighted by Gasteiger charge is 2.42. The number of hydrogen-bond donors (Lipinski definition) is 2. The molecular weight excluding hydrogens is 513 g/mol. The van der Waals surface area contributed by atoms with E-state index in [0.717, 1.165) is 38.6 Å². The lowest BCUT2D eigenvalue weighted by Crippen LogP contribution is -2.46. The van der Waals surface area contributed by atoms with Crippen molar-refractivity contribution in [2.45, 2.75) is 69.9 Å². The van der Waals surface area contributed by atoms with Crippen LogP contribution in [0.3, 0.4) is 0 Å². The first-order valence-corrected chi connectivity index (χ1v) is 11.4. The van der Waals surface area contributed by atoms with Crippen LogP contribution in [0.25, 0.3) is 0 Å². The molecule has 1 aliphatic heterocycles. The number of halogens is 3. The summed E-state index contributed by atoms with van der Waals surface area (Å²) in [4.78, 5) is 19.3. The van der Waals surface area contributed by atoms with Gasteiger partial charge in [-0.2, -0.15) is 0 Å². The van der Waals surface area contributed by atoms with Gasteiger partial charge in [-0.3, -0.25) is 9.79 Å². The molecule has 3 aliphatic rings. The topological polar surface area (TPSA) is 56.7 Å². The molecule has 8 heteroatoms. The molecule has 4 rings (SSSR count). The van der Waals surface area contributed by atoms with Gasteiger partial charge in [0.25, 0.3) is 0 Å². The highest BCUT2D eigenvalue weighted by molar-refractivity contribution is 14.0. The lowest BCUT2D eigenvalue weighted by atomic mass is 9.88. The third kappa shape index (κ3) is 5.87. The molecule has 2 aliphatic carbocycles. The number of aliphatic imine (C=N–C) groups is 1. The van der Waals surface area contributed by atoms with Crippen LogP contribution in [0.1, 0.15) is 63.4 Å². The fourth-order valence-electron chi connectivity index (χ4n) is 4.88. The van der Waals surface area contributed by atoms with Gasteiger partial charge in [0.2, 0.25) is 5.91 Å². The molecule has 3 unspecified atom stereocenters. The van der Waals surface area contributed by atoms with E-state index in [0.29, 0.717) is 31.4 Å². The Hall–Kier alpha value is -1.45. The quantitative estimate of drug-likeness (QED) is 0.331. The number of carbonyl (C=O) groups excluding carboxylic acids is 1. The maximum Gasteiger partial charge on any atom is 0.225 e. The lowest BCUT2D eigenvalue weighted by molar-refractivity contribution is -0.135. The molecule has 1 saturated heterocycles. The molecule has 2 saturated carbocycles. The van der Waals surface area contributed by atoms with Crippen molar-refractivity contribution in [3.8, 4) is 0 Å². The molecule has 172 valence electrons. The largest absolute Gasteiger partial charge is 0.353 e. The minimum absolute atomic E-state index is 0. The predicted octanol–water partition coefficient (Wildman–Crippen LogP) is 4.18. The maximum absolute atomic E-state index is 14.0. The molecule has 0 bridgehead atoms. The molecule has 0 radical (unpaired) electrons. The Balaban J connectivity index is 0.00000272. The normalized spacial score (nSPS) is 26.4. The van der Waals surface area contributed by atoms with Crippen LogP contribution >= 0.6 is 24.0 Å². The molecule has 2 N–H and O–H groups in total. The van der Waals surface area contributed by atoms with E-state index in [2.05, 4.69) is 15.6 Å². The number of hydrogen-bond acceptors (Lipinski definition) is 2. The standard InChI is InChI=1S/C23H32F2N4O.HI/c1-2-26-23(28-20-13-17(20)21-18(24)9-6-10-19(21)25)27-16-11-12-29(14-16)22(30)15-7-4-3-5-8-15;/h6,9-10,15-17,20H,2-5,7-8,11-14H2,1H3,(H2,26,27,28);1H. The molecule has 1 heterocycles. The lowest BCUT2D eigenvalue weighted by Gasteiger charge is -2.26. The Morgan fingerprint density at radius 1 is 1.13 bits per heavy atom. The summed E-state index contributed by atoms with van der Waals surface area (Å²) in [7, 11) is 0. The van der Waals surface area contributed by atoms with Gasteiger partial charge >= 0.3 is 0 Å². The third-order valence-electron chi connectivity index (χ3n) is 6.59. The van der Waals surface area contributed by atoms with Gasteiger partial charge in [-0.25, -0.2) is 8.78 Å². The number of nitrogens with one attached hydrogen (secondary N) is 2. The summed E-state index contributed by atoms with van der Waals surface area (Å²) in [6, 6.07) is 4.13. The van der Waals surface area contributed by atoms with Gasteiger partial charge in [0, 0.05) is 49.1 Å². The van der Waals surface area contributed by atoms with Crippen LogP contribution in [0, 0.1) is 17.6 Å². The molecule has 1 amide bonds. The van der Waals surface area contributed by atoms with Crippen molar-refractivity contribution in [1.82, 2.24) is 15.5 Å². The second-order valence-corrected chi connectivity index (χ2v) is 8.80. The molecule has 31 heavy (non-hydrogen) atoms. The van der Waals surface area contributed by atoms with Crippen LogP contribution in [0.15, 0.2) is 23.2 Å². The van der Waals surface area contributed by atoms with Gasteiger partial charge in [-0.05, 0) is 44.7 Å². The molecule has 1 aromatic carbocycles. The number of carbonyl (C=O) groups is 1. The van der Waals surface area contributed by atoms with E-state index in [1.54, 1.807) is 0 Å². The first-order chi connectivity index (χ1) is 14.6. The molecule has 3 atom stereocenters. The average Bonchev–Trinajstić information content (AvgIpc) is 3.31. The Kier molecular flexibility index (Phi) is 8.52. The first kappa shape index (κ1) is 24.2. The summed E-state index contributed by atoms with van der Waals surface area (Å²) in [6.07, 6.45) is 7.18. The first-order valence-electron chi connectivity index (χ1n) is 11.4. The summed E-state index contributed by atoms with van der Waals surface area (Å²) in [5.74, 6) is 0.0139. The minimum atomic E-state index is -0.487. The Labute approximate surface area is 200 Å². The Bertz CT molecular complexity index is 780. The van der Waals surface area contributed by atoms with E-state index >= 15 is 0 Å². The monoisotopic (exact) mass is 546 g/mol. The van der Waals surface area contributed by atoms with Crippen molar-refractivity contribution < 1.29 is 13.6 Å². The second kappa shape index (κ2) is 10.9. The number of rotatable bonds is 5. The van der Waals surface area contributed by atoms with Gasteiger partial charge in [0.05, 0.1) is 0 Å². The number of nitrogens with zero attached hydrogens (tertiary/aromatic N) is 2. The number of likely N-dealkylation sites (tertiary alicyclic amines) is 1. The van der Waals surface area contributed by atoms with Crippen molar-refractivity contribution in [2.24, 2.45) is 10.9 Å². The van der Waals surface area contributed by atoms with Crippen molar-refractivity contribution in [2.75, 3.05) is 19.6 Å². The van der Waals surface area contributed by atoms with Gasteiger partial charge < -0.3 is 15.5 Å². The van der Waals surface area contributed by atoms with Crippen LogP contribution < -0.4 is 10.6 Å². The Morgan fingerprint density at radius 2 is 1.84 bits per heavy atom. The summed E-state index contributed by atoms with van der Waals surface area (Å²) in [5, 5.41) is 6.77. The van der Waals surface area contributed by atoms with Crippen molar-refractivity contribution >= 4 is 35.8 Å². The SMILES string of the molecule is CCN=C(NC1CCN(C(=O)C2CCCCC2)C1)NC1CC1c1c(F)cccc1F.I. The highest BCUT2D eigenvalue weighted by atomic mass is 127. The van der Waals surface area contributed by atoms with Crippen LogP contribution in [0.5, 0.6) is 0 Å². The third-order valence-corrected chi connectivity index (χ3v) is 6.59. The molecule has 5 nitrogen and oxygen atoms in total. The molecule has 3 fully saturated rings. The summed E-state index contributed by atoms with van der Waals surface area (Å²) in [5.41, 5.74) is 0.163. The zero-order valence-corrected chi connectivity index (χ0v) is 20.4. The smallest absolute Gasteiger partial charge is 0.225 e. The van der Waals surface area contributed by atoms with Gasteiger partial charge in [-0.1, -0.05) is 25.3 Å². The molecular formula is C23H33F2IN4O. The maximum atomic E-state index is 14.0. The number of amides is 1. The Morgan fingerprint density at radius 3 is 2.52 bits per heavy atom. The predicted molar refractivity (Wildman–Crippen MR) is 129 cm³/mol. The molecule has 1 aromatic rings. The number of benzene rings is 1. The van der Waals surface area contributed by atoms with E-state index in [-0.39, 0.29) is 53.5 Å². The number of guanidine groups is 1. The van der Waals surface area contributed by atoms with Gasteiger partial charge in [0.15, 0.2) is 5.96 Å². The molecule has 0 spiro atoms. The van der Waals surface area contributed by atoms with Crippen molar-refractivity contribution in [3.05, 3.63) is 35.4 Å². The molecule has 0 aromatic heterocycles. The van der Waals surface area contributed by atoms with Crippen molar-refractivity contribution in [1.29, 1.82) is 0 Å². The van der Waals surface area contributed by atoms with E-state index in [1.165, 1.54) is 24.6 Å². The van der Waals surface area contributed by atoms with Crippen LogP contribution in [-0.2, 0) is 4.79 Å². The second-order valence-electron chi connectivity index (χ2n) is 8.80. The highest BCUT2D eigenvalue weighted by Crippen LogP contribution is 2.43. The minimum Gasteiger partial charge on any atom is -0.353 e. The van der Waals surface area contributed by atoms with E-state index in [9.17, 15) is 13.6 Å². The van der Waals surface area contributed by atoms with Crippen molar-refractivity contribution in [3.63, 3.8) is 0 Å². The van der Waals surface area contributed by atoms with Crippen LogP contribution in [0.4, 0.5) is 8.78 Å². The van der Waals surface area contributed by atoms with E-state index in [1.807, 2.05) is 11.8 Å².